The van der Waals surface area contributed by atoms with Gasteiger partial charge in [-0.25, -0.2) is 8.78 Å². The summed E-state index contributed by atoms with van der Waals surface area (Å²) in [5.41, 5.74) is 2.39. The van der Waals surface area contributed by atoms with Crippen molar-refractivity contribution in [2.45, 2.75) is 6.42 Å². The second-order valence-electron chi connectivity index (χ2n) is 6.16. The summed E-state index contributed by atoms with van der Waals surface area (Å²) < 4.78 is 26.3. The average Bonchev–Trinajstić information content (AvgIpc) is 3.08. The van der Waals surface area contributed by atoms with Crippen molar-refractivity contribution in [3.8, 4) is 0 Å². The molecule has 0 radical (unpaired) electrons. The predicted octanol–water partition coefficient (Wildman–Crippen LogP) is 3.41. The summed E-state index contributed by atoms with van der Waals surface area (Å²) >= 11 is 0. The minimum Gasteiger partial charge on any atom is -0.361 e. The molecule has 1 heterocycles. The van der Waals surface area contributed by atoms with E-state index in [1.165, 1.54) is 36.4 Å². The Balaban J connectivity index is 0.00000300. The molecule has 29 heavy (non-hydrogen) atoms. The van der Waals surface area contributed by atoms with Gasteiger partial charge in [-0.1, -0.05) is 0 Å². The summed E-state index contributed by atoms with van der Waals surface area (Å²) in [4.78, 5) is 19.2. The molecule has 4 N–H and O–H groups in total. The smallest absolute Gasteiger partial charge is 0.243 e. The highest BCUT2D eigenvalue weighted by Crippen LogP contribution is 2.19. The first-order valence-corrected chi connectivity index (χ1v) is 8.80. The summed E-state index contributed by atoms with van der Waals surface area (Å²) in [5.74, 6) is -0.438. The van der Waals surface area contributed by atoms with Crippen LogP contribution in [0.3, 0.4) is 0 Å². The Bertz CT molecular complexity index is 988. The van der Waals surface area contributed by atoms with Gasteiger partial charge < -0.3 is 20.9 Å². The number of benzene rings is 2. The number of hydrogen-bond donors (Lipinski definition) is 4. The van der Waals surface area contributed by atoms with Crippen molar-refractivity contribution in [1.82, 2.24) is 15.6 Å². The van der Waals surface area contributed by atoms with Crippen molar-refractivity contribution in [3.63, 3.8) is 0 Å². The lowest BCUT2D eigenvalue weighted by Crippen LogP contribution is -2.42. The van der Waals surface area contributed by atoms with Crippen LogP contribution in [0.25, 0.3) is 10.9 Å². The molecule has 0 fully saturated rings. The number of H-pyrrole nitrogens is 1. The van der Waals surface area contributed by atoms with Crippen LogP contribution >= 0.6 is 24.0 Å². The second-order valence-corrected chi connectivity index (χ2v) is 6.16. The Labute approximate surface area is 184 Å². The molecule has 1 amide bonds. The molecular weight excluding hydrogens is 491 g/mol. The summed E-state index contributed by atoms with van der Waals surface area (Å²) in [6.45, 7) is 0.568. The van der Waals surface area contributed by atoms with E-state index in [4.69, 9.17) is 0 Å². The van der Waals surface area contributed by atoms with Gasteiger partial charge in [0.25, 0.3) is 0 Å². The molecule has 0 saturated heterocycles. The molecule has 3 rings (SSSR count). The average molecular weight is 513 g/mol. The number of aromatic amines is 1. The fourth-order valence-electron chi connectivity index (χ4n) is 2.80. The molecule has 154 valence electrons. The number of rotatable bonds is 6. The maximum absolute atomic E-state index is 13.4. The number of hydrogen-bond acceptors (Lipinski definition) is 2. The van der Waals surface area contributed by atoms with E-state index in [2.05, 4.69) is 25.9 Å². The molecule has 3 aromatic rings. The molecule has 0 aliphatic heterocycles. The van der Waals surface area contributed by atoms with E-state index in [0.29, 0.717) is 24.6 Å². The number of aromatic nitrogens is 1. The monoisotopic (exact) mass is 513 g/mol. The number of fused-ring (bicyclic) bond motifs is 1. The second kappa shape index (κ2) is 10.7. The zero-order valence-electron chi connectivity index (χ0n) is 15.8. The van der Waals surface area contributed by atoms with Crippen molar-refractivity contribution in [2.24, 2.45) is 4.99 Å². The third kappa shape index (κ3) is 6.41. The number of guanidine groups is 1. The van der Waals surface area contributed by atoms with Crippen molar-refractivity contribution in [1.29, 1.82) is 0 Å². The van der Waals surface area contributed by atoms with Crippen molar-refractivity contribution < 1.29 is 13.6 Å². The third-order valence-electron chi connectivity index (χ3n) is 4.18. The molecule has 6 nitrogen and oxygen atoms in total. The Morgan fingerprint density at radius 2 is 1.79 bits per heavy atom. The zero-order valence-corrected chi connectivity index (χ0v) is 18.1. The molecule has 2 aromatic carbocycles. The molecule has 0 bridgehead atoms. The van der Waals surface area contributed by atoms with Gasteiger partial charge in [-0.3, -0.25) is 9.79 Å². The van der Waals surface area contributed by atoms with Gasteiger partial charge in [-0.15, -0.1) is 24.0 Å². The minimum atomic E-state index is -0.362. The minimum absolute atomic E-state index is 0. The largest absolute Gasteiger partial charge is 0.361 e. The van der Waals surface area contributed by atoms with Crippen LogP contribution in [0.5, 0.6) is 0 Å². The van der Waals surface area contributed by atoms with E-state index >= 15 is 0 Å². The van der Waals surface area contributed by atoms with Gasteiger partial charge in [0.15, 0.2) is 5.96 Å². The maximum Gasteiger partial charge on any atom is 0.243 e. The van der Waals surface area contributed by atoms with Crippen molar-refractivity contribution >= 4 is 52.4 Å². The van der Waals surface area contributed by atoms with Crippen LogP contribution in [0.2, 0.25) is 0 Å². The first-order chi connectivity index (χ1) is 13.5. The van der Waals surface area contributed by atoms with Crippen LogP contribution in [0.15, 0.2) is 53.7 Å². The first-order valence-electron chi connectivity index (χ1n) is 8.80. The lowest BCUT2D eigenvalue weighted by Gasteiger charge is -2.12. The lowest BCUT2D eigenvalue weighted by atomic mass is 10.1. The summed E-state index contributed by atoms with van der Waals surface area (Å²) in [6, 6.07) is 10.2. The van der Waals surface area contributed by atoms with Gasteiger partial charge in [-0.05, 0) is 54.4 Å². The summed E-state index contributed by atoms with van der Waals surface area (Å²) in [6.07, 6.45) is 2.52. The molecule has 0 aliphatic rings. The van der Waals surface area contributed by atoms with Gasteiger partial charge in [0.1, 0.15) is 11.6 Å². The third-order valence-corrected chi connectivity index (χ3v) is 4.18. The topological polar surface area (TPSA) is 81.3 Å². The fraction of sp³-hybridized carbons (Fsp3) is 0.200. The number of nitrogens with one attached hydrogen (secondary N) is 4. The van der Waals surface area contributed by atoms with Gasteiger partial charge >= 0.3 is 0 Å². The number of halogens is 3. The van der Waals surface area contributed by atoms with Crippen LogP contribution < -0.4 is 16.0 Å². The maximum atomic E-state index is 13.4. The number of carbonyl (C=O) groups is 1. The molecule has 0 spiro atoms. The number of aliphatic imine (C=N–C) groups is 1. The zero-order chi connectivity index (χ0) is 19.9. The molecule has 0 saturated carbocycles. The van der Waals surface area contributed by atoms with Gasteiger partial charge in [-0.2, -0.15) is 0 Å². The van der Waals surface area contributed by atoms with Crippen molar-refractivity contribution in [3.05, 3.63) is 65.9 Å². The summed E-state index contributed by atoms with van der Waals surface area (Å²) in [7, 11) is 1.61. The predicted molar refractivity (Wildman–Crippen MR) is 122 cm³/mol. The highest BCUT2D eigenvalue weighted by molar-refractivity contribution is 14.0. The van der Waals surface area contributed by atoms with Gasteiger partial charge in [0, 0.05) is 36.4 Å². The van der Waals surface area contributed by atoms with E-state index < -0.39 is 0 Å². The first kappa shape index (κ1) is 22.6. The molecule has 1 aromatic heterocycles. The molecule has 0 aliphatic carbocycles. The van der Waals surface area contributed by atoms with Gasteiger partial charge in [0.2, 0.25) is 5.91 Å². The molecule has 0 unspecified atom stereocenters. The van der Waals surface area contributed by atoms with Crippen LogP contribution in [0.4, 0.5) is 14.5 Å². The standard InChI is InChI=1S/C20H21F2N5O.HI/c1-23-20(26-12-19(28)27-16-5-2-14(21)3-6-16)24-9-8-13-11-25-18-7-4-15(22)10-17(13)18;/h2-7,10-11,25H,8-9,12H2,1H3,(H,27,28)(H2,23,24,26);1H. The highest BCUT2D eigenvalue weighted by Gasteiger charge is 2.07. The number of nitrogens with zero attached hydrogens (tertiary/aromatic N) is 1. The SMILES string of the molecule is CN=C(NCCc1c[nH]c2ccc(F)cc12)NCC(=O)Nc1ccc(F)cc1.I. The Hall–Kier alpha value is -2.69. The fourth-order valence-corrected chi connectivity index (χ4v) is 2.80. The quantitative estimate of drug-likeness (QED) is 0.232. The van der Waals surface area contributed by atoms with Crippen LogP contribution in [-0.2, 0) is 11.2 Å². The van der Waals surface area contributed by atoms with Crippen LogP contribution in [-0.4, -0.2) is 37.0 Å². The van der Waals surface area contributed by atoms with E-state index in [-0.39, 0.29) is 48.1 Å². The molecule has 0 atom stereocenters. The van der Waals surface area contributed by atoms with Gasteiger partial charge in [0.05, 0.1) is 6.54 Å². The van der Waals surface area contributed by atoms with Crippen LogP contribution in [0, 0.1) is 11.6 Å². The number of carbonyl (C=O) groups excluding carboxylic acids is 1. The van der Waals surface area contributed by atoms with Crippen molar-refractivity contribution in [2.75, 3.05) is 25.5 Å². The molecular formula is C20H22F2IN5O. The number of anilines is 1. The van der Waals surface area contributed by atoms with E-state index in [9.17, 15) is 13.6 Å². The normalized spacial score (nSPS) is 11.1. The highest BCUT2D eigenvalue weighted by atomic mass is 127. The number of amides is 1. The lowest BCUT2D eigenvalue weighted by molar-refractivity contribution is -0.115. The van der Waals surface area contributed by atoms with Crippen LogP contribution in [0.1, 0.15) is 5.56 Å². The summed E-state index contributed by atoms with van der Waals surface area (Å²) in [5, 5.41) is 9.54. The van der Waals surface area contributed by atoms with E-state index in [1.807, 2.05) is 6.20 Å². The Morgan fingerprint density at radius 1 is 1.07 bits per heavy atom. The Kier molecular flexibility index (Phi) is 8.37. The Morgan fingerprint density at radius 3 is 2.52 bits per heavy atom. The van der Waals surface area contributed by atoms with E-state index in [0.717, 1.165) is 16.5 Å². The molecule has 9 heteroatoms. The van der Waals surface area contributed by atoms with E-state index in [1.54, 1.807) is 13.1 Å².